The van der Waals surface area contributed by atoms with E-state index in [9.17, 15) is 0 Å². The molecule has 1 aromatic heterocycles. The van der Waals surface area contributed by atoms with Crippen molar-refractivity contribution in [3.05, 3.63) is 24.8 Å². The zero-order chi connectivity index (χ0) is 6.24. The van der Waals surface area contributed by atoms with Gasteiger partial charge in [0.1, 0.15) is 0 Å². The lowest BCUT2D eigenvalue weighted by Crippen LogP contribution is -1.66. The van der Waals surface area contributed by atoms with Crippen molar-refractivity contribution in [3.8, 4) is 0 Å². The molecule has 0 saturated carbocycles. The van der Waals surface area contributed by atoms with Crippen LogP contribution in [0.2, 0.25) is 0 Å². The van der Waals surface area contributed by atoms with Crippen molar-refractivity contribution in [2.75, 3.05) is 0 Å². The number of hydrogen-bond donors (Lipinski definition) is 2. The van der Waals surface area contributed by atoms with Crippen LogP contribution in [0, 0.1) is 0 Å². The van der Waals surface area contributed by atoms with Crippen molar-refractivity contribution in [1.29, 1.82) is 0 Å². The molecule has 0 unspecified atom stereocenters. The highest BCUT2D eigenvalue weighted by Crippen LogP contribution is 1.65. The van der Waals surface area contributed by atoms with Crippen LogP contribution >= 0.6 is 23.3 Å². The maximum absolute atomic E-state index is 3.72. The molecular formula is C4H6N2S2. The third-order valence-corrected chi connectivity index (χ3v) is 0.478. The largest absolute Gasteiger partial charge is 0.262 e. The van der Waals surface area contributed by atoms with Crippen LogP contribution in [0.25, 0.3) is 0 Å². The molecule has 4 heteroatoms. The molecule has 0 spiro atoms. The predicted molar refractivity (Wildman–Crippen MR) is 40.0 cm³/mol. The number of thiol groups is 2. The molecule has 0 aliphatic heterocycles. The highest BCUT2D eigenvalue weighted by molar-refractivity contribution is 8.59. The number of aromatic nitrogens is 2. The first kappa shape index (κ1) is 7.78. The zero-order valence-electron chi connectivity index (χ0n) is 4.10. The third-order valence-electron chi connectivity index (χ3n) is 0.478. The molecule has 1 aromatic rings. The Bertz CT molecular complexity index is 84.0. The van der Waals surface area contributed by atoms with Gasteiger partial charge in [-0.3, -0.25) is 9.97 Å². The van der Waals surface area contributed by atoms with E-state index >= 15 is 0 Å². The van der Waals surface area contributed by atoms with Crippen molar-refractivity contribution in [1.82, 2.24) is 9.97 Å². The summed E-state index contributed by atoms with van der Waals surface area (Å²) in [5, 5.41) is 0. The standard InChI is InChI=1S/C4H4N2.H2S2/c1-2-6-4-3-5-1;1-2/h1-4H;1-2H. The molecule has 1 rings (SSSR count). The molecule has 0 aliphatic rings. The topological polar surface area (TPSA) is 25.8 Å². The van der Waals surface area contributed by atoms with E-state index in [0.717, 1.165) is 0 Å². The van der Waals surface area contributed by atoms with Gasteiger partial charge in [-0.15, -0.1) is 23.3 Å². The maximum Gasteiger partial charge on any atom is 0.0451 e. The van der Waals surface area contributed by atoms with Crippen LogP contribution in [-0.2, 0) is 0 Å². The normalized spacial score (nSPS) is 6.75. The smallest absolute Gasteiger partial charge is 0.0451 e. The molecule has 0 saturated heterocycles. The van der Waals surface area contributed by atoms with Gasteiger partial charge in [-0.05, 0) is 0 Å². The van der Waals surface area contributed by atoms with Crippen molar-refractivity contribution < 1.29 is 0 Å². The third kappa shape index (κ3) is 3.95. The van der Waals surface area contributed by atoms with Gasteiger partial charge in [0.05, 0.1) is 0 Å². The van der Waals surface area contributed by atoms with Gasteiger partial charge in [0.25, 0.3) is 0 Å². The minimum atomic E-state index is 1.64. The summed E-state index contributed by atoms with van der Waals surface area (Å²) in [5.41, 5.74) is 0. The highest BCUT2D eigenvalue weighted by atomic mass is 33.1. The predicted octanol–water partition coefficient (Wildman–Crippen LogP) is 1.24. The average Bonchev–Trinajstić information content (AvgIpc) is 1.96. The number of nitrogens with zero attached hydrogens (tertiary/aromatic N) is 2. The van der Waals surface area contributed by atoms with Crippen LogP contribution in [0.15, 0.2) is 24.8 Å². The van der Waals surface area contributed by atoms with Crippen molar-refractivity contribution in [2.45, 2.75) is 0 Å². The molecule has 0 amide bonds. The second-order valence-corrected chi connectivity index (χ2v) is 0.894. The first-order valence-electron chi connectivity index (χ1n) is 1.90. The van der Waals surface area contributed by atoms with Crippen LogP contribution < -0.4 is 0 Å². The first-order valence-corrected chi connectivity index (χ1v) is 3.50. The summed E-state index contributed by atoms with van der Waals surface area (Å²) in [6, 6.07) is 0. The van der Waals surface area contributed by atoms with Gasteiger partial charge >= 0.3 is 0 Å². The summed E-state index contributed by atoms with van der Waals surface area (Å²) < 4.78 is 0. The van der Waals surface area contributed by atoms with Gasteiger partial charge in [0.15, 0.2) is 0 Å². The van der Waals surface area contributed by atoms with Crippen LogP contribution in [0.3, 0.4) is 0 Å². The Morgan fingerprint density at radius 3 is 1.12 bits per heavy atom. The molecule has 0 bridgehead atoms. The van der Waals surface area contributed by atoms with Crippen molar-refractivity contribution in [2.24, 2.45) is 0 Å². The van der Waals surface area contributed by atoms with E-state index in [4.69, 9.17) is 0 Å². The lowest BCUT2D eigenvalue weighted by molar-refractivity contribution is 1.20. The van der Waals surface area contributed by atoms with E-state index in [1.54, 1.807) is 24.8 Å². The van der Waals surface area contributed by atoms with Crippen molar-refractivity contribution in [3.63, 3.8) is 0 Å². The van der Waals surface area contributed by atoms with Gasteiger partial charge < -0.3 is 0 Å². The lowest BCUT2D eigenvalue weighted by atomic mass is 10.8. The Morgan fingerprint density at radius 1 is 0.750 bits per heavy atom. The van der Waals surface area contributed by atoms with Crippen LogP contribution in [0.4, 0.5) is 0 Å². The Labute approximate surface area is 58.6 Å². The van der Waals surface area contributed by atoms with E-state index in [1.165, 1.54) is 0 Å². The van der Waals surface area contributed by atoms with Crippen LogP contribution in [0.5, 0.6) is 0 Å². The molecule has 8 heavy (non-hydrogen) atoms. The summed E-state index contributed by atoms with van der Waals surface area (Å²) in [6.45, 7) is 0. The quantitative estimate of drug-likeness (QED) is 0.425. The number of rotatable bonds is 0. The molecule has 0 N–H and O–H groups in total. The maximum atomic E-state index is 3.72. The molecular weight excluding hydrogens is 140 g/mol. The molecule has 0 aliphatic carbocycles. The SMILES string of the molecule is SS.c1cnccn1. The van der Waals surface area contributed by atoms with Crippen LogP contribution in [0.1, 0.15) is 0 Å². The Balaban J connectivity index is 0.000000222. The molecule has 1 heterocycles. The van der Waals surface area contributed by atoms with Crippen molar-refractivity contribution >= 4 is 23.3 Å². The minimum Gasteiger partial charge on any atom is -0.262 e. The molecule has 0 aromatic carbocycles. The lowest BCUT2D eigenvalue weighted by Gasteiger charge is -1.70. The highest BCUT2D eigenvalue weighted by Gasteiger charge is 1.59. The molecule has 0 atom stereocenters. The van der Waals surface area contributed by atoms with Gasteiger partial charge in [0, 0.05) is 24.8 Å². The van der Waals surface area contributed by atoms with Gasteiger partial charge in [-0.1, -0.05) is 0 Å². The van der Waals surface area contributed by atoms with E-state index in [1.807, 2.05) is 0 Å². The van der Waals surface area contributed by atoms with Crippen LogP contribution in [-0.4, -0.2) is 9.97 Å². The Morgan fingerprint density at radius 2 is 1.00 bits per heavy atom. The molecule has 44 valence electrons. The zero-order valence-corrected chi connectivity index (χ0v) is 5.89. The monoisotopic (exact) mass is 146 g/mol. The molecule has 0 fully saturated rings. The molecule has 0 radical (unpaired) electrons. The summed E-state index contributed by atoms with van der Waals surface area (Å²) >= 11 is 6.44. The minimum absolute atomic E-state index is 1.64. The fourth-order valence-electron chi connectivity index (χ4n) is 0.253. The van der Waals surface area contributed by atoms with E-state index in [2.05, 4.69) is 33.3 Å². The summed E-state index contributed by atoms with van der Waals surface area (Å²) in [7, 11) is 0. The van der Waals surface area contributed by atoms with E-state index in [0.29, 0.717) is 0 Å². The Kier molecular flexibility index (Phi) is 6.59. The summed E-state index contributed by atoms with van der Waals surface area (Å²) in [6.07, 6.45) is 6.56. The van der Waals surface area contributed by atoms with E-state index in [-0.39, 0.29) is 0 Å². The first-order chi connectivity index (χ1) is 4.00. The van der Waals surface area contributed by atoms with E-state index < -0.39 is 0 Å². The average molecular weight is 146 g/mol. The number of hydrogen-bond acceptors (Lipinski definition) is 4. The fraction of sp³-hybridized carbons (Fsp3) is 0. The van der Waals surface area contributed by atoms with Gasteiger partial charge in [-0.2, -0.15) is 0 Å². The summed E-state index contributed by atoms with van der Waals surface area (Å²) in [5.74, 6) is 0. The Hall–Kier alpha value is -0.220. The summed E-state index contributed by atoms with van der Waals surface area (Å²) in [4.78, 5) is 7.44. The second kappa shape index (κ2) is 6.78. The molecule has 2 nitrogen and oxygen atoms in total. The van der Waals surface area contributed by atoms with Gasteiger partial charge in [0.2, 0.25) is 0 Å². The van der Waals surface area contributed by atoms with Gasteiger partial charge in [-0.25, -0.2) is 0 Å². The fourth-order valence-corrected chi connectivity index (χ4v) is 0.253. The second-order valence-electron chi connectivity index (χ2n) is 0.894.